The molecule has 23 heavy (non-hydrogen) atoms. The molecule has 0 aromatic heterocycles. The zero-order valence-electron chi connectivity index (χ0n) is 13.3. The van der Waals surface area contributed by atoms with Crippen molar-refractivity contribution in [2.45, 2.75) is 32.1 Å². The van der Waals surface area contributed by atoms with Gasteiger partial charge in [0.05, 0.1) is 12.5 Å². The van der Waals surface area contributed by atoms with Crippen molar-refractivity contribution >= 4 is 23.5 Å². The zero-order valence-corrected chi connectivity index (χ0v) is 14.1. The van der Waals surface area contributed by atoms with Gasteiger partial charge in [-0.15, -0.1) is 0 Å². The molecule has 1 aromatic rings. The van der Waals surface area contributed by atoms with E-state index in [1.165, 1.54) is 0 Å². The lowest BCUT2D eigenvalue weighted by Gasteiger charge is -2.31. The van der Waals surface area contributed by atoms with Gasteiger partial charge in [-0.25, -0.2) is 0 Å². The van der Waals surface area contributed by atoms with Crippen molar-refractivity contribution in [2.24, 2.45) is 11.8 Å². The number of ether oxygens (including phenoxy) is 1. The predicted molar refractivity (Wildman–Crippen MR) is 88.2 cm³/mol. The minimum Gasteiger partial charge on any atom is -0.466 e. The highest BCUT2D eigenvalue weighted by molar-refractivity contribution is 6.31. The summed E-state index contributed by atoms with van der Waals surface area (Å²) in [4.78, 5) is 26.3. The first-order chi connectivity index (χ1) is 11.1. The van der Waals surface area contributed by atoms with E-state index in [0.29, 0.717) is 32.5 Å². The van der Waals surface area contributed by atoms with Crippen molar-refractivity contribution < 1.29 is 14.3 Å². The third kappa shape index (κ3) is 3.52. The van der Waals surface area contributed by atoms with Gasteiger partial charge in [0, 0.05) is 24.0 Å². The lowest BCUT2D eigenvalue weighted by molar-refractivity contribution is -0.151. The maximum atomic E-state index is 12.6. The van der Waals surface area contributed by atoms with Gasteiger partial charge in [0.2, 0.25) is 5.91 Å². The molecule has 1 saturated carbocycles. The molecule has 1 amide bonds. The third-order valence-corrected chi connectivity index (χ3v) is 5.18. The molecule has 2 aliphatic rings. The van der Waals surface area contributed by atoms with Crippen LogP contribution in [-0.2, 0) is 14.3 Å². The molecule has 2 unspecified atom stereocenters. The summed E-state index contributed by atoms with van der Waals surface area (Å²) >= 11 is 6.22. The number of halogens is 1. The lowest BCUT2D eigenvalue weighted by Crippen LogP contribution is -2.41. The number of carbonyl (C=O) groups excluding carboxylic acids is 2. The molecule has 2 fully saturated rings. The molecule has 0 bridgehead atoms. The quantitative estimate of drug-likeness (QED) is 0.793. The molecule has 2 atom stereocenters. The molecule has 5 heteroatoms. The first kappa shape index (κ1) is 16.3. The summed E-state index contributed by atoms with van der Waals surface area (Å²) in [5.41, 5.74) is 1.08. The number of rotatable bonds is 4. The van der Waals surface area contributed by atoms with Crippen molar-refractivity contribution in [3.05, 3.63) is 34.9 Å². The third-order valence-electron chi connectivity index (χ3n) is 4.84. The van der Waals surface area contributed by atoms with Gasteiger partial charge in [-0.1, -0.05) is 29.8 Å². The number of nitrogens with zero attached hydrogens (tertiary/aromatic N) is 1. The van der Waals surface area contributed by atoms with E-state index in [0.717, 1.165) is 17.0 Å². The van der Waals surface area contributed by atoms with Crippen molar-refractivity contribution in [1.29, 1.82) is 0 Å². The Balaban J connectivity index is 1.53. The number of benzene rings is 1. The molecule has 1 aliphatic heterocycles. The van der Waals surface area contributed by atoms with Crippen molar-refractivity contribution in [1.82, 2.24) is 4.90 Å². The fourth-order valence-electron chi connectivity index (χ4n) is 3.42. The SMILES string of the molecule is CCOC(=O)C1CCN(C(=O)C2CC2c2ccccc2Cl)CC1. The van der Waals surface area contributed by atoms with Crippen LogP contribution in [0.4, 0.5) is 0 Å². The van der Waals surface area contributed by atoms with Gasteiger partial charge in [-0.05, 0) is 43.7 Å². The number of piperidine rings is 1. The van der Waals surface area contributed by atoms with E-state index in [1.54, 1.807) is 0 Å². The minimum atomic E-state index is -0.125. The normalized spacial score (nSPS) is 24.3. The Kier molecular flexibility index (Phi) is 4.90. The first-order valence-electron chi connectivity index (χ1n) is 8.31. The second-order valence-electron chi connectivity index (χ2n) is 6.32. The summed E-state index contributed by atoms with van der Waals surface area (Å²) in [5.74, 6) is 0.322. The molecule has 0 spiro atoms. The number of hydrogen-bond donors (Lipinski definition) is 0. The van der Waals surface area contributed by atoms with E-state index in [9.17, 15) is 9.59 Å². The van der Waals surface area contributed by atoms with Gasteiger partial charge in [-0.3, -0.25) is 9.59 Å². The van der Waals surface area contributed by atoms with Crippen LogP contribution >= 0.6 is 11.6 Å². The van der Waals surface area contributed by atoms with Crippen molar-refractivity contribution in [3.8, 4) is 0 Å². The van der Waals surface area contributed by atoms with Gasteiger partial charge in [0.15, 0.2) is 0 Å². The lowest BCUT2D eigenvalue weighted by atomic mass is 9.96. The van der Waals surface area contributed by atoms with Gasteiger partial charge in [-0.2, -0.15) is 0 Å². The monoisotopic (exact) mass is 335 g/mol. The van der Waals surface area contributed by atoms with E-state index in [4.69, 9.17) is 16.3 Å². The summed E-state index contributed by atoms with van der Waals surface area (Å²) in [6.07, 6.45) is 2.28. The Hall–Kier alpha value is -1.55. The molecule has 3 rings (SSSR count). The zero-order chi connectivity index (χ0) is 16.4. The molecule has 1 heterocycles. The van der Waals surface area contributed by atoms with Crippen LogP contribution in [0.2, 0.25) is 5.02 Å². The number of likely N-dealkylation sites (tertiary alicyclic amines) is 1. The van der Waals surface area contributed by atoms with Crippen LogP contribution in [0.15, 0.2) is 24.3 Å². The van der Waals surface area contributed by atoms with E-state index >= 15 is 0 Å². The van der Waals surface area contributed by atoms with Crippen LogP contribution in [0.3, 0.4) is 0 Å². The van der Waals surface area contributed by atoms with Crippen LogP contribution in [0.25, 0.3) is 0 Å². The Morgan fingerprint density at radius 3 is 2.61 bits per heavy atom. The standard InChI is InChI=1S/C18H22ClNO3/c1-2-23-18(22)12-7-9-20(10-8-12)17(21)15-11-14(15)13-5-3-4-6-16(13)19/h3-6,12,14-15H,2,7-11H2,1H3. The summed E-state index contributed by atoms with van der Waals surface area (Å²) in [6.45, 7) is 3.53. The number of amides is 1. The molecule has 4 nitrogen and oxygen atoms in total. The summed E-state index contributed by atoms with van der Waals surface area (Å²) in [5, 5.41) is 0.744. The topological polar surface area (TPSA) is 46.6 Å². The first-order valence-corrected chi connectivity index (χ1v) is 8.69. The largest absolute Gasteiger partial charge is 0.466 e. The molecule has 1 aromatic carbocycles. The summed E-state index contributed by atoms with van der Waals surface area (Å²) < 4.78 is 5.07. The highest BCUT2D eigenvalue weighted by Gasteiger charge is 2.47. The maximum absolute atomic E-state index is 12.6. The van der Waals surface area contributed by atoms with E-state index in [1.807, 2.05) is 36.1 Å². The van der Waals surface area contributed by atoms with E-state index in [-0.39, 0.29) is 29.6 Å². The Labute approximate surface area is 141 Å². The highest BCUT2D eigenvalue weighted by atomic mass is 35.5. The van der Waals surface area contributed by atoms with Crippen LogP contribution < -0.4 is 0 Å². The van der Waals surface area contributed by atoms with Crippen molar-refractivity contribution in [3.63, 3.8) is 0 Å². The highest BCUT2D eigenvalue weighted by Crippen LogP contribution is 2.50. The van der Waals surface area contributed by atoms with E-state index in [2.05, 4.69) is 0 Å². The van der Waals surface area contributed by atoms with Crippen LogP contribution in [0.1, 0.15) is 37.7 Å². The van der Waals surface area contributed by atoms with Gasteiger partial charge < -0.3 is 9.64 Å². The molecule has 0 radical (unpaired) electrons. The minimum absolute atomic E-state index is 0.0500. The smallest absolute Gasteiger partial charge is 0.309 e. The molecule has 1 aliphatic carbocycles. The summed E-state index contributed by atoms with van der Waals surface area (Å²) in [7, 11) is 0. The molecule has 1 saturated heterocycles. The fraction of sp³-hybridized carbons (Fsp3) is 0.556. The summed E-state index contributed by atoms with van der Waals surface area (Å²) in [6, 6.07) is 7.76. The fourth-order valence-corrected chi connectivity index (χ4v) is 3.69. The average molecular weight is 336 g/mol. The van der Waals surface area contributed by atoms with Gasteiger partial charge in [0.1, 0.15) is 0 Å². The van der Waals surface area contributed by atoms with Crippen molar-refractivity contribution in [2.75, 3.05) is 19.7 Å². The maximum Gasteiger partial charge on any atom is 0.309 e. The number of carbonyl (C=O) groups is 2. The van der Waals surface area contributed by atoms with Gasteiger partial charge in [0.25, 0.3) is 0 Å². The van der Waals surface area contributed by atoms with Crippen LogP contribution in [0, 0.1) is 11.8 Å². The predicted octanol–water partition coefficient (Wildman–Crippen LogP) is 3.25. The molecule has 124 valence electrons. The second kappa shape index (κ2) is 6.91. The number of esters is 1. The molecular weight excluding hydrogens is 314 g/mol. The van der Waals surface area contributed by atoms with E-state index < -0.39 is 0 Å². The Bertz CT molecular complexity index is 596. The van der Waals surface area contributed by atoms with Gasteiger partial charge >= 0.3 is 5.97 Å². The Morgan fingerprint density at radius 1 is 1.26 bits per heavy atom. The number of hydrogen-bond acceptors (Lipinski definition) is 3. The molecular formula is C18H22ClNO3. The van der Waals surface area contributed by atoms with Crippen LogP contribution in [0.5, 0.6) is 0 Å². The average Bonchev–Trinajstić information content (AvgIpc) is 3.35. The van der Waals surface area contributed by atoms with Crippen LogP contribution in [-0.4, -0.2) is 36.5 Å². The Morgan fingerprint density at radius 2 is 1.96 bits per heavy atom. The second-order valence-corrected chi connectivity index (χ2v) is 6.73. The molecule has 0 N–H and O–H groups in total.